The third-order valence-corrected chi connectivity index (χ3v) is 3.90. The number of guanidine groups is 1. The summed E-state index contributed by atoms with van der Waals surface area (Å²) in [5.41, 5.74) is 2.47. The molecule has 0 aromatic heterocycles. The summed E-state index contributed by atoms with van der Waals surface area (Å²) in [6.07, 6.45) is 4.58. The van der Waals surface area contributed by atoms with Gasteiger partial charge in [0.2, 0.25) is 0 Å². The van der Waals surface area contributed by atoms with Gasteiger partial charge < -0.3 is 15.5 Å². The Bertz CT molecular complexity index is 421. The lowest BCUT2D eigenvalue weighted by Gasteiger charge is -2.14. The predicted molar refractivity (Wildman–Crippen MR) is 112 cm³/mol. The van der Waals surface area contributed by atoms with Gasteiger partial charge in [0.1, 0.15) is 0 Å². The van der Waals surface area contributed by atoms with Crippen LogP contribution in [0.25, 0.3) is 0 Å². The van der Waals surface area contributed by atoms with E-state index in [1.165, 1.54) is 29.8 Å². The van der Waals surface area contributed by atoms with Gasteiger partial charge in [-0.05, 0) is 42.5 Å². The molecule has 0 heterocycles. The first-order valence-electron chi connectivity index (χ1n) is 7.37. The highest BCUT2D eigenvalue weighted by Gasteiger charge is 1.99. The highest BCUT2D eigenvalue weighted by Crippen LogP contribution is 2.11. The lowest BCUT2D eigenvalue weighted by Crippen LogP contribution is -2.37. The van der Waals surface area contributed by atoms with Crippen molar-refractivity contribution in [1.82, 2.24) is 10.6 Å². The molecule has 1 aromatic rings. The van der Waals surface area contributed by atoms with Gasteiger partial charge in [-0.1, -0.05) is 12.1 Å². The van der Waals surface area contributed by atoms with E-state index in [2.05, 4.69) is 65.1 Å². The van der Waals surface area contributed by atoms with Crippen molar-refractivity contribution in [2.24, 2.45) is 4.99 Å². The number of thioether (sulfide) groups is 1. The monoisotopic (exact) mass is 436 g/mol. The van der Waals surface area contributed by atoms with E-state index in [1.807, 2.05) is 18.8 Å². The Morgan fingerprint density at radius 2 is 1.82 bits per heavy atom. The molecule has 0 unspecified atom stereocenters. The van der Waals surface area contributed by atoms with Gasteiger partial charge in [0, 0.05) is 39.9 Å². The van der Waals surface area contributed by atoms with Crippen LogP contribution in [0.1, 0.15) is 18.4 Å². The molecule has 0 saturated heterocycles. The molecule has 0 aliphatic carbocycles. The lowest BCUT2D eigenvalue weighted by molar-refractivity contribution is 0.733. The zero-order valence-electron chi connectivity index (χ0n) is 14.1. The molecule has 0 aliphatic heterocycles. The molecule has 0 saturated carbocycles. The second-order valence-corrected chi connectivity index (χ2v) is 6.10. The van der Waals surface area contributed by atoms with E-state index in [4.69, 9.17) is 0 Å². The Hall–Kier alpha value is -0.630. The van der Waals surface area contributed by atoms with E-state index in [0.29, 0.717) is 0 Å². The van der Waals surface area contributed by atoms with Crippen molar-refractivity contribution < 1.29 is 0 Å². The average molecular weight is 436 g/mol. The molecule has 22 heavy (non-hydrogen) atoms. The second-order valence-electron chi connectivity index (χ2n) is 5.11. The summed E-state index contributed by atoms with van der Waals surface area (Å²) in [7, 11) is 5.92. The van der Waals surface area contributed by atoms with Gasteiger partial charge in [-0.25, -0.2) is 0 Å². The Morgan fingerprint density at radius 1 is 1.14 bits per heavy atom. The fourth-order valence-electron chi connectivity index (χ4n) is 1.90. The number of anilines is 1. The quantitative estimate of drug-likeness (QED) is 0.284. The molecule has 4 nitrogen and oxygen atoms in total. The second kappa shape index (κ2) is 12.9. The lowest BCUT2D eigenvalue weighted by atomic mass is 10.2. The van der Waals surface area contributed by atoms with Gasteiger partial charge in [-0.3, -0.25) is 4.99 Å². The number of benzene rings is 1. The number of halogens is 1. The van der Waals surface area contributed by atoms with Crippen LogP contribution in [0.5, 0.6) is 0 Å². The van der Waals surface area contributed by atoms with Crippen LogP contribution in [0.2, 0.25) is 0 Å². The van der Waals surface area contributed by atoms with E-state index in [-0.39, 0.29) is 24.0 Å². The van der Waals surface area contributed by atoms with Crippen LogP contribution in [0, 0.1) is 0 Å². The van der Waals surface area contributed by atoms with E-state index in [1.54, 1.807) is 0 Å². The molecule has 0 amide bonds. The van der Waals surface area contributed by atoms with Crippen molar-refractivity contribution in [1.29, 1.82) is 0 Å². The van der Waals surface area contributed by atoms with E-state index in [0.717, 1.165) is 19.0 Å². The van der Waals surface area contributed by atoms with Crippen LogP contribution in [-0.4, -0.2) is 45.7 Å². The normalized spacial score (nSPS) is 10.8. The van der Waals surface area contributed by atoms with E-state index in [9.17, 15) is 0 Å². The zero-order chi connectivity index (χ0) is 15.5. The predicted octanol–water partition coefficient (Wildman–Crippen LogP) is 3.18. The van der Waals surface area contributed by atoms with E-state index >= 15 is 0 Å². The molecule has 0 aliphatic rings. The fourth-order valence-corrected chi connectivity index (χ4v) is 2.39. The summed E-state index contributed by atoms with van der Waals surface area (Å²) in [5, 5.41) is 6.69. The van der Waals surface area contributed by atoms with Crippen molar-refractivity contribution in [2.45, 2.75) is 19.4 Å². The molecule has 0 spiro atoms. The van der Waals surface area contributed by atoms with Crippen LogP contribution < -0.4 is 15.5 Å². The van der Waals surface area contributed by atoms with Crippen LogP contribution >= 0.6 is 35.7 Å². The molecule has 6 heteroatoms. The summed E-state index contributed by atoms with van der Waals surface area (Å²) in [5.74, 6) is 2.10. The minimum atomic E-state index is 0. The first-order valence-corrected chi connectivity index (χ1v) is 8.76. The van der Waals surface area contributed by atoms with Gasteiger partial charge >= 0.3 is 0 Å². The van der Waals surface area contributed by atoms with Crippen LogP contribution in [-0.2, 0) is 6.54 Å². The number of hydrogen-bond acceptors (Lipinski definition) is 3. The summed E-state index contributed by atoms with van der Waals surface area (Å²) in [6.45, 7) is 1.76. The van der Waals surface area contributed by atoms with E-state index < -0.39 is 0 Å². The molecule has 1 aromatic carbocycles. The average Bonchev–Trinajstić information content (AvgIpc) is 2.50. The number of rotatable bonds is 8. The number of aliphatic imine (C=N–C) groups is 1. The molecule has 0 atom stereocenters. The summed E-state index contributed by atoms with van der Waals surface area (Å²) in [4.78, 5) is 6.35. The summed E-state index contributed by atoms with van der Waals surface area (Å²) < 4.78 is 0. The molecular weight excluding hydrogens is 407 g/mol. The third kappa shape index (κ3) is 8.73. The van der Waals surface area contributed by atoms with Crippen molar-refractivity contribution in [3.8, 4) is 0 Å². The molecule has 0 radical (unpaired) electrons. The van der Waals surface area contributed by atoms with Gasteiger partial charge in [-0.2, -0.15) is 11.8 Å². The van der Waals surface area contributed by atoms with Crippen molar-refractivity contribution in [3.05, 3.63) is 29.8 Å². The smallest absolute Gasteiger partial charge is 0.191 e. The van der Waals surface area contributed by atoms with Crippen molar-refractivity contribution in [2.75, 3.05) is 44.6 Å². The third-order valence-electron chi connectivity index (χ3n) is 3.20. The number of unbranched alkanes of at least 4 members (excludes halogenated alkanes) is 1. The fraction of sp³-hybridized carbons (Fsp3) is 0.562. The topological polar surface area (TPSA) is 39.7 Å². The Balaban J connectivity index is 0.00000441. The first-order chi connectivity index (χ1) is 10.2. The van der Waals surface area contributed by atoms with Gasteiger partial charge in [0.25, 0.3) is 0 Å². The number of nitrogens with one attached hydrogen (secondary N) is 2. The van der Waals surface area contributed by atoms with Crippen molar-refractivity contribution >= 4 is 47.4 Å². The van der Waals surface area contributed by atoms with Gasteiger partial charge in [0.15, 0.2) is 5.96 Å². The molecule has 0 bridgehead atoms. The SMILES string of the molecule is CN=C(NCCCCSC)NCc1ccc(N(C)C)cc1.I. The maximum absolute atomic E-state index is 4.25. The van der Waals surface area contributed by atoms with Gasteiger partial charge in [0.05, 0.1) is 0 Å². The van der Waals surface area contributed by atoms with Gasteiger partial charge in [-0.15, -0.1) is 24.0 Å². The Kier molecular flexibility index (Phi) is 12.5. The summed E-state index contributed by atoms with van der Waals surface area (Å²) in [6, 6.07) is 8.56. The first kappa shape index (κ1) is 21.4. The maximum atomic E-state index is 4.25. The minimum Gasteiger partial charge on any atom is -0.378 e. The largest absolute Gasteiger partial charge is 0.378 e. The highest BCUT2D eigenvalue weighted by molar-refractivity contribution is 14.0. The zero-order valence-corrected chi connectivity index (χ0v) is 17.2. The number of nitrogens with zero attached hydrogens (tertiary/aromatic N) is 2. The Labute approximate surface area is 156 Å². The number of hydrogen-bond donors (Lipinski definition) is 2. The Morgan fingerprint density at radius 3 is 2.36 bits per heavy atom. The standard InChI is InChI=1S/C16H28N4S.HI/c1-17-16(18-11-5-6-12-21-4)19-13-14-7-9-15(10-8-14)20(2)3;/h7-10H,5-6,11-13H2,1-4H3,(H2,17,18,19);1H. The molecule has 2 N–H and O–H groups in total. The molecule has 1 rings (SSSR count). The highest BCUT2D eigenvalue weighted by atomic mass is 127. The molecular formula is C16H29IN4S. The molecule has 126 valence electrons. The minimum absolute atomic E-state index is 0. The van der Waals surface area contributed by atoms with Crippen LogP contribution in [0.4, 0.5) is 5.69 Å². The maximum Gasteiger partial charge on any atom is 0.191 e. The van der Waals surface area contributed by atoms with Crippen molar-refractivity contribution in [3.63, 3.8) is 0 Å². The molecule has 0 fully saturated rings. The van der Waals surface area contributed by atoms with Crippen LogP contribution in [0.3, 0.4) is 0 Å². The van der Waals surface area contributed by atoms with Crippen LogP contribution in [0.15, 0.2) is 29.3 Å². The summed E-state index contributed by atoms with van der Waals surface area (Å²) >= 11 is 1.90.